The summed E-state index contributed by atoms with van der Waals surface area (Å²) in [7, 11) is 0. The van der Waals surface area contributed by atoms with Gasteiger partial charge in [-0.05, 0) is 55.6 Å². The highest BCUT2D eigenvalue weighted by Crippen LogP contribution is 2.26. The lowest BCUT2D eigenvalue weighted by molar-refractivity contribution is 0.541. The summed E-state index contributed by atoms with van der Waals surface area (Å²) in [5.74, 6) is -0.520. The van der Waals surface area contributed by atoms with Crippen molar-refractivity contribution in [1.82, 2.24) is 5.32 Å². The first kappa shape index (κ1) is 15.6. The maximum atomic E-state index is 14.3. The molecule has 0 spiro atoms. The smallest absolute Gasteiger partial charge is 0.128 e. The zero-order valence-electron chi connectivity index (χ0n) is 12.7. The van der Waals surface area contributed by atoms with E-state index in [9.17, 15) is 8.78 Å². The molecule has 0 amide bonds. The van der Waals surface area contributed by atoms with E-state index in [0.717, 1.165) is 24.1 Å². The molecule has 2 aromatic carbocycles. The van der Waals surface area contributed by atoms with Crippen LogP contribution < -0.4 is 5.32 Å². The van der Waals surface area contributed by atoms with E-state index in [4.69, 9.17) is 0 Å². The quantitative estimate of drug-likeness (QED) is 0.843. The molecule has 112 valence electrons. The van der Waals surface area contributed by atoms with Gasteiger partial charge in [-0.1, -0.05) is 31.2 Å². The molecule has 0 saturated carbocycles. The third-order valence-electron chi connectivity index (χ3n) is 3.59. The van der Waals surface area contributed by atoms with Crippen molar-refractivity contribution in [2.24, 2.45) is 0 Å². The van der Waals surface area contributed by atoms with Crippen LogP contribution in [0.1, 0.15) is 41.6 Å². The van der Waals surface area contributed by atoms with Gasteiger partial charge in [0.1, 0.15) is 11.6 Å². The highest BCUT2D eigenvalue weighted by atomic mass is 19.1. The Labute approximate surface area is 125 Å². The third kappa shape index (κ3) is 3.67. The van der Waals surface area contributed by atoms with Crippen LogP contribution in [0.25, 0.3) is 0 Å². The second-order valence-corrected chi connectivity index (χ2v) is 5.42. The van der Waals surface area contributed by atoms with E-state index in [2.05, 4.69) is 5.32 Å². The number of rotatable bonds is 5. The molecule has 2 rings (SSSR count). The zero-order chi connectivity index (χ0) is 15.4. The molecule has 0 saturated heterocycles. The Kier molecular flexibility index (Phi) is 5.07. The van der Waals surface area contributed by atoms with Crippen LogP contribution in [-0.2, 0) is 0 Å². The predicted molar refractivity (Wildman–Crippen MR) is 82.4 cm³/mol. The largest absolute Gasteiger partial charge is 0.306 e. The van der Waals surface area contributed by atoms with Crippen molar-refractivity contribution in [3.8, 4) is 0 Å². The average Bonchev–Trinajstić information content (AvgIpc) is 2.44. The van der Waals surface area contributed by atoms with Crippen LogP contribution in [0.2, 0.25) is 0 Å². The summed E-state index contributed by atoms with van der Waals surface area (Å²) in [6.07, 6.45) is 0.929. The van der Waals surface area contributed by atoms with Gasteiger partial charge in [0.2, 0.25) is 0 Å². The standard InChI is InChI=1S/C18H21F2N/c1-4-9-21-18(14-7-6-13(3)16(19)11-14)15-8-5-12(2)10-17(15)20/h5-8,10-11,18,21H,4,9H2,1-3H3. The monoisotopic (exact) mass is 289 g/mol. The molecular weight excluding hydrogens is 268 g/mol. The summed E-state index contributed by atoms with van der Waals surface area (Å²) in [6, 6.07) is 9.91. The normalized spacial score (nSPS) is 12.4. The van der Waals surface area contributed by atoms with Gasteiger partial charge < -0.3 is 5.32 Å². The molecule has 0 bridgehead atoms. The van der Waals surface area contributed by atoms with Crippen LogP contribution >= 0.6 is 0 Å². The van der Waals surface area contributed by atoms with Crippen LogP contribution in [-0.4, -0.2) is 6.54 Å². The summed E-state index contributed by atoms with van der Waals surface area (Å²) >= 11 is 0. The molecule has 1 N–H and O–H groups in total. The number of aryl methyl sites for hydroxylation is 2. The van der Waals surface area contributed by atoms with E-state index in [1.54, 1.807) is 19.1 Å². The topological polar surface area (TPSA) is 12.0 Å². The second kappa shape index (κ2) is 6.81. The fourth-order valence-corrected chi connectivity index (χ4v) is 2.35. The molecule has 1 nitrogen and oxygen atoms in total. The van der Waals surface area contributed by atoms with Crippen molar-refractivity contribution >= 4 is 0 Å². The summed E-state index contributed by atoms with van der Waals surface area (Å²) in [4.78, 5) is 0. The minimum absolute atomic E-state index is 0.260. The molecule has 0 aliphatic carbocycles. The minimum Gasteiger partial charge on any atom is -0.306 e. The molecule has 21 heavy (non-hydrogen) atoms. The summed E-state index contributed by atoms with van der Waals surface area (Å²) in [5, 5.41) is 3.30. The van der Waals surface area contributed by atoms with E-state index in [0.29, 0.717) is 11.1 Å². The molecule has 3 heteroatoms. The van der Waals surface area contributed by atoms with Gasteiger partial charge in [0.05, 0.1) is 6.04 Å². The first-order valence-electron chi connectivity index (χ1n) is 7.28. The molecule has 0 fully saturated rings. The van der Waals surface area contributed by atoms with E-state index in [1.165, 1.54) is 12.1 Å². The summed E-state index contributed by atoms with van der Waals surface area (Å²) < 4.78 is 28.1. The van der Waals surface area contributed by atoms with Gasteiger partial charge in [-0.3, -0.25) is 0 Å². The average molecular weight is 289 g/mol. The van der Waals surface area contributed by atoms with Crippen LogP contribution in [0, 0.1) is 25.5 Å². The van der Waals surface area contributed by atoms with Gasteiger partial charge in [0.15, 0.2) is 0 Å². The number of nitrogens with one attached hydrogen (secondary N) is 1. The Balaban J connectivity index is 2.44. The highest BCUT2D eigenvalue weighted by Gasteiger charge is 2.18. The molecule has 0 heterocycles. The molecular formula is C18H21F2N. The first-order valence-corrected chi connectivity index (χ1v) is 7.28. The number of halogens is 2. The fraction of sp³-hybridized carbons (Fsp3) is 0.333. The van der Waals surface area contributed by atoms with Crippen LogP contribution in [0.15, 0.2) is 36.4 Å². The van der Waals surface area contributed by atoms with Crippen molar-refractivity contribution < 1.29 is 8.78 Å². The fourth-order valence-electron chi connectivity index (χ4n) is 2.35. The third-order valence-corrected chi connectivity index (χ3v) is 3.59. The van der Waals surface area contributed by atoms with Crippen LogP contribution in [0.3, 0.4) is 0 Å². The Hall–Kier alpha value is -1.74. The van der Waals surface area contributed by atoms with E-state index >= 15 is 0 Å². The Morgan fingerprint density at radius 3 is 2.38 bits per heavy atom. The van der Waals surface area contributed by atoms with Crippen LogP contribution in [0.4, 0.5) is 8.78 Å². The summed E-state index contributed by atoms with van der Waals surface area (Å²) in [5.41, 5.74) is 2.77. The molecule has 0 aromatic heterocycles. The minimum atomic E-state index is -0.333. The lowest BCUT2D eigenvalue weighted by Gasteiger charge is -2.21. The van der Waals surface area contributed by atoms with Gasteiger partial charge in [-0.15, -0.1) is 0 Å². The first-order chi connectivity index (χ1) is 10.0. The lowest BCUT2D eigenvalue weighted by atomic mass is 9.96. The molecule has 0 aliphatic heterocycles. The molecule has 1 atom stereocenters. The molecule has 0 radical (unpaired) electrons. The second-order valence-electron chi connectivity index (χ2n) is 5.42. The van der Waals surface area contributed by atoms with Crippen molar-refractivity contribution in [2.45, 2.75) is 33.2 Å². The van der Waals surface area contributed by atoms with Gasteiger partial charge in [0.25, 0.3) is 0 Å². The van der Waals surface area contributed by atoms with Crippen molar-refractivity contribution in [2.75, 3.05) is 6.54 Å². The van der Waals surface area contributed by atoms with Crippen molar-refractivity contribution in [3.05, 3.63) is 70.3 Å². The Bertz CT molecular complexity index is 623. The predicted octanol–water partition coefficient (Wildman–Crippen LogP) is 4.67. The van der Waals surface area contributed by atoms with Gasteiger partial charge in [-0.2, -0.15) is 0 Å². The van der Waals surface area contributed by atoms with Gasteiger partial charge in [-0.25, -0.2) is 8.78 Å². The molecule has 1 unspecified atom stereocenters. The highest BCUT2D eigenvalue weighted by molar-refractivity contribution is 5.36. The summed E-state index contributed by atoms with van der Waals surface area (Å²) in [6.45, 7) is 6.37. The molecule has 2 aromatic rings. The maximum absolute atomic E-state index is 14.3. The number of benzene rings is 2. The number of hydrogen-bond donors (Lipinski definition) is 1. The zero-order valence-corrected chi connectivity index (χ0v) is 12.7. The van der Waals surface area contributed by atoms with E-state index in [1.807, 2.05) is 26.0 Å². The van der Waals surface area contributed by atoms with Gasteiger partial charge >= 0.3 is 0 Å². The maximum Gasteiger partial charge on any atom is 0.128 e. The van der Waals surface area contributed by atoms with Gasteiger partial charge in [0, 0.05) is 5.56 Å². The molecule has 0 aliphatic rings. The van der Waals surface area contributed by atoms with Crippen molar-refractivity contribution in [1.29, 1.82) is 0 Å². The van der Waals surface area contributed by atoms with Crippen LogP contribution in [0.5, 0.6) is 0 Å². The Morgan fingerprint density at radius 1 is 1.00 bits per heavy atom. The Morgan fingerprint density at radius 2 is 1.76 bits per heavy atom. The lowest BCUT2D eigenvalue weighted by Crippen LogP contribution is -2.24. The number of hydrogen-bond acceptors (Lipinski definition) is 1. The SMILES string of the molecule is CCCNC(c1ccc(C)c(F)c1)c1ccc(C)cc1F. The van der Waals surface area contributed by atoms with Crippen molar-refractivity contribution in [3.63, 3.8) is 0 Å². The van der Waals surface area contributed by atoms with E-state index < -0.39 is 0 Å². The van der Waals surface area contributed by atoms with E-state index in [-0.39, 0.29) is 17.7 Å².